The first-order valence-corrected chi connectivity index (χ1v) is 7.45. The van der Waals surface area contributed by atoms with E-state index >= 15 is 0 Å². The van der Waals surface area contributed by atoms with E-state index in [1.807, 2.05) is 0 Å². The van der Waals surface area contributed by atoms with E-state index in [2.05, 4.69) is 57.0 Å². The molecule has 0 saturated heterocycles. The van der Waals surface area contributed by atoms with Gasteiger partial charge in [0.25, 0.3) is 0 Å². The first kappa shape index (κ1) is 12.9. The average Bonchev–Trinajstić information content (AvgIpc) is 2.51. The zero-order valence-corrected chi connectivity index (χ0v) is 12.7. The molecule has 0 saturated carbocycles. The molecule has 1 nitrogen and oxygen atoms in total. The van der Waals surface area contributed by atoms with Crippen LogP contribution < -0.4 is 0 Å². The Morgan fingerprint density at radius 1 is 1.11 bits per heavy atom. The first-order chi connectivity index (χ1) is 8.95. The predicted octanol–water partition coefficient (Wildman–Crippen LogP) is 4.02. The summed E-state index contributed by atoms with van der Waals surface area (Å²) in [7, 11) is 2.25. The Morgan fingerprint density at radius 3 is 2.58 bits per heavy atom. The van der Waals surface area contributed by atoms with Crippen molar-refractivity contribution >= 4 is 0 Å². The van der Waals surface area contributed by atoms with E-state index in [4.69, 9.17) is 0 Å². The van der Waals surface area contributed by atoms with Gasteiger partial charge in [-0.2, -0.15) is 0 Å². The van der Waals surface area contributed by atoms with Crippen LogP contribution in [0.15, 0.2) is 24.3 Å². The Hall–Kier alpha value is -1.08. The van der Waals surface area contributed by atoms with Crippen molar-refractivity contribution in [3.63, 3.8) is 0 Å². The largest absolute Gasteiger partial charge is 0.301 e. The molecule has 1 unspecified atom stereocenters. The Kier molecular flexibility index (Phi) is 3.05. The number of likely N-dealkylation sites (N-methyl/N-ethyl adjacent to an activating group) is 1. The quantitative estimate of drug-likeness (QED) is 0.633. The van der Waals surface area contributed by atoms with Crippen molar-refractivity contribution in [2.75, 3.05) is 13.6 Å². The van der Waals surface area contributed by atoms with Crippen LogP contribution in [0.1, 0.15) is 55.4 Å². The summed E-state index contributed by atoms with van der Waals surface area (Å²) in [5, 5.41) is 0. The molecule has 1 aromatic carbocycles. The molecule has 1 atom stereocenters. The summed E-state index contributed by atoms with van der Waals surface area (Å²) in [4.78, 5) is 2.47. The number of hydrogen-bond donors (Lipinski definition) is 0. The summed E-state index contributed by atoms with van der Waals surface area (Å²) in [6.45, 7) is 9.27. The lowest BCUT2D eigenvalue weighted by Crippen LogP contribution is -2.31. The third kappa shape index (κ3) is 2.36. The highest BCUT2D eigenvalue weighted by molar-refractivity contribution is 5.47. The van der Waals surface area contributed by atoms with Crippen LogP contribution in [-0.4, -0.2) is 18.5 Å². The predicted molar refractivity (Wildman–Crippen MR) is 81.7 cm³/mol. The summed E-state index contributed by atoms with van der Waals surface area (Å²) >= 11 is 0. The number of rotatable bonds is 0. The normalized spacial score (nSPS) is 23.1. The molecular weight excluding hydrogens is 230 g/mol. The van der Waals surface area contributed by atoms with Gasteiger partial charge in [0.05, 0.1) is 0 Å². The molecule has 0 fully saturated rings. The molecule has 0 amide bonds. The van der Waals surface area contributed by atoms with E-state index in [0.29, 0.717) is 5.92 Å². The van der Waals surface area contributed by atoms with Crippen LogP contribution in [0.25, 0.3) is 0 Å². The summed E-state index contributed by atoms with van der Waals surface area (Å²) in [6, 6.07) is 4.93. The summed E-state index contributed by atoms with van der Waals surface area (Å²) in [5.74, 6) is 0.705. The van der Waals surface area contributed by atoms with Crippen molar-refractivity contribution in [2.45, 2.75) is 51.5 Å². The highest BCUT2D eigenvalue weighted by Gasteiger charge is 2.28. The van der Waals surface area contributed by atoms with Crippen LogP contribution >= 0.6 is 0 Å². The second-order valence-electron chi connectivity index (χ2n) is 7.26. The maximum atomic E-state index is 2.47. The molecule has 1 aromatic rings. The van der Waals surface area contributed by atoms with Crippen LogP contribution in [0.5, 0.6) is 0 Å². The van der Waals surface area contributed by atoms with Gasteiger partial charge in [0.1, 0.15) is 0 Å². The van der Waals surface area contributed by atoms with Crippen LogP contribution in [0.2, 0.25) is 0 Å². The van der Waals surface area contributed by atoms with Gasteiger partial charge in [-0.3, -0.25) is 0 Å². The molecule has 0 bridgehead atoms. The molecule has 0 radical (unpaired) electrons. The van der Waals surface area contributed by atoms with Crippen molar-refractivity contribution in [3.8, 4) is 0 Å². The zero-order chi connectivity index (χ0) is 13.6. The van der Waals surface area contributed by atoms with Gasteiger partial charge >= 0.3 is 0 Å². The molecular formula is C18H25N. The second kappa shape index (κ2) is 4.49. The van der Waals surface area contributed by atoms with Gasteiger partial charge in [0.2, 0.25) is 0 Å². The highest BCUT2D eigenvalue weighted by Crippen LogP contribution is 2.38. The molecule has 0 aromatic heterocycles. The van der Waals surface area contributed by atoms with E-state index in [9.17, 15) is 0 Å². The second-order valence-corrected chi connectivity index (χ2v) is 7.26. The lowest BCUT2D eigenvalue weighted by molar-refractivity contribution is 0.280. The van der Waals surface area contributed by atoms with Crippen LogP contribution in [0, 0.1) is 0 Å². The number of benzene rings is 1. The number of hydrogen-bond acceptors (Lipinski definition) is 1. The number of nitrogens with zero attached hydrogens (tertiary/aromatic N) is 1. The van der Waals surface area contributed by atoms with E-state index in [1.165, 1.54) is 18.5 Å². The number of allylic oxidation sites excluding steroid dienone is 2. The molecule has 0 N–H and O–H groups in total. The highest BCUT2D eigenvalue weighted by atomic mass is 15.1. The fourth-order valence-electron chi connectivity index (χ4n) is 3.52. The molecule has 2 aliphatic rings. The van der Waals surface area contributed by atoms with Crippen molar-refractivity contribution in [2.24, 2.45) is 0 Å². The van der Waals surface area contributed by atoms with Gasteiger partial charge in [-0.1, -0.05) is 45.1 Å². The molecule has 1 heterocycles. The van der Waals surface area contributed by atoms with Crippen molar-refractivity contribution in [3.05, 3.63) is 46.5 Å². The topological polar surface area (TPSA) is 3.24 Å². The summed E-state index contributed by atoms with van der Waals surface area (Å²) in [6.07, 6.45) is 7.07. The third-order valence-corrected chi connectivity index (χ3v) is 4.52. The average molecular weight is 255 g/mol. The van der Waals surface area contributed by atoms with Crippen molar-refractivity contribution < 1.29 is 0 Å². The maximum Gasteiger partial charge on any atom is 0.0233 e. The van der Waals surface area contributed by atoms with Crippen LogP contribution in [0.3, 0.4) is 0 Å². The Balaban J connectivity index is 2.17. The summed E-state index contributed by atoms with van der Waals surface area (Å²) in [5.41, 5.74) is 6.55. The first-order valence-electron chi connectivity index (χ1n) is 7.45. The molecule has 1 aliphatic heterocycles. The van der Waals surface area contributed by atoms with Gasteiger partial charge in [0.15, 0.2) is 0 Å². The van der Waals surface area contributed by atoms with Crippen molar-refractivity contribution in [1.29, 1.82) is 0 Å². The molecule has 3 rings (SSSR count). The lowest BCUT2D eigenvalue weighted by Gasteiger charge is -2.34. The van der Waals surface area contributed by atoms with Gasteiger partial charge < -0.3 is 4.90 Å². The third-order valence-electron chi connectivity index (χ3n) is 4.52. The lowest BCUT2D eigenvalue weighted by atomic mass is 9.78. The van der Waals surface area contributed by atoms with Gasteiger partial charge in [-0.15, -0.1) is 0 Å². The minimum absolute atomic E-state index is 0.243. The fourth-order valence-corrected chi connectivity index (χ4v) is 3.52. The molecule has 19 heavy (non-hydrogen) atoms. The molecule has 102 valence electrons. The van der Waals surface area contributed by atoms with Crippen molar-refractivity contribution in [1.82, 2.24) is 4.90 Å². The molecule has 0 spiro atoms. The van der Waals surface area contributed by atoms with Gasteiger partial charge in [-0.25, -0.2) is 0 Å². The monoisotopic (exact) mass is 255 g/mol. The SMILES string of the molecule is CN1Cc2cc(C(C)(C)C)cc3c2C(CC=CC3)C1. The standard InChI is InChI=1S/C18H25N/c1-18(2,3)16-9-13-7-5-6-8-14-11-19(4)12-15(10-16)17(13)14/h5-6,9-10,14H,7-8,11-12H2,1-4H3. The fraction of sp³-hybridized carbons (Fsp3) is 0.556. The van der Waals surface area contributed by atoms with Crippen LogP contribution in [0.4, 0.5) is 0 Å². The molecule has 1 heteroatoms. The summed E-state index contributed by atoms with van der Waals surface area (Å²) < 4.78 is 0. The minimum Gasteiger partial charge on any atom is -0.301 e. The van der Waals surface area contributed by atoms with Crippen LogP contribution in [-0.2, 0) is 18.4 Å². The Labute approximate surface area is 117 Å². The Morgan fingerprint density at radius 2 is 1.84 bits per heavy atom. The smallest absolute Gasteiger partial charge is 0.0233 e. The van der Waals surface area contributed by atoms with E-state index < -0.39 is 0 Å². The zero-order valence-electron chi connectivity index (χ0n) is 12.7. The van der Waals surface area contributed by atoms with Gasteiger partial charge in [0, 0.05) is 19.0 Å². The van der Waals surface area contributed by atoms with E-state index in [-0.39, 0.29) is 5.41 Å². The minimum atomic E-state index is 0.243. The van der Waals surface area contributed by atoms with Gasteiger partial charge in [-0.05, 0) is 47.6 Å². The van der Waals surface area contributed by atoms with E-state index in [0.717, 1.165) is 13.0 Å². The maximum absolute atomic E-state index is 2.47. The molecule has 1 aliphatic carbocycles. The Bertz CT molecular complexity index is 519. The van der Waals surface area contributed by atoms with E-state index in [1.54, 1.807) is 16.7 Å².